The van der Waals surface area contributed by atoms with Gasteiger partial charge in [-0.2, -0.15) is 0 Å². The summed E-state index contributed by atoms with van der Waals surface area (Å²) in [7, 11) is 0. The quantitative estimate of drug-likeness (QED) is 0.693. The summed E-state index contributed by atoms with van der Waals surface area (Å²) in [6.45, 7) is 2.63. The Bertz CT molecular complexity index is 364. The fourth-order valence-corrected chi connectivity index (χ4v) is 1.31. The Morgan fingerprint density at radius 3 is 2.88 bits per heavy atom. The number of carbonyl (C=O) groups is 2. The number of carbonyl (C=O) groups excluding carboxylic acids is 1. The van der Waals surface area contributed by atoms with Crippen LogP contribution < -0.4 is 5.32 Å². The Kier molecular flexibility index (Phi) is 5.12. The number of carboxylic acids is 1. The van der Waals surface area contributed by atoms with Gasteiger partial charge in [-0.15, -0.1) is 5.10 Å². The van der Waals surface area contributed by atoms with Gasteiger partial charge in [0, 0.05) is 25.6 Å². The first kappa shape index (κ1) is 13.1. The van der Waals surface area contributed by atoms with Crippen molar-refractivity contribution < 1.29 is 14.7 Å². The lowest BCUT2D eigenvalue weighted by Gasteiger charge is -2.10. The minimum Gasteiger partial charge on any atom is -0.481 e. The Hall–Kier alpha value is -1.92. The fraction of sp³-hybridized carbons (Fsp3) is 0.600. The van der Waals surface area contributed by atoms with Crippen molar-refractivity contribution in [2.24, 2.45) is 5.92 Å². The Balaban J connectivity index is 2.15. The second kappa shape index (κ2) is 6.62. The predicted molar refractivity (Wildman–Crippen MR) is 59.1 cm³/mol. The molecule has 7 heteroatoms. The van der Waals surface area contributed by atoms with E-state index >= 15 is 0 Å². The van der Waals surface area contributed by atoms with Gasteiger partial charge in [0.25, 0.3) is 0 Å². The van der Waals surface area contributed by atoms with E-state index in [0.29, 0.717) is 19.5 Å². The SMILES string of the molecule is CC(CNC(=O)CCn1ccnn1)CC(=O)O. The van der Waals surface area contributed by atoms with Crippen LogP contribution in [-0.2, 0) is 16.1 Å². The van der Waals surface area contributed by atoms with E-state index in [-0.39, 0.29) is 18.2 Å². The number of carboxylic acid groups (broad SMARTS) is 1. The number of nitrogens with zero attached hydrogens (tertiary/aromatic N) is 3. The van der Waals surface area contributed by atoms with E-state index in [0.717, 1.165) is 0 Å². The summed E-state index contributed by atoms with van der Waals surface area (Å²) in [5.74, 6) is -1.03. The van der Waals surface area contributed by atoms with E-state index in [9.17, 15) is 9.59 Å². The van der Waals surface area contributed by atoms with Crippen LogP contribution in [0.15, 0.2) is 12.4 Å². The van der Waals surface area contributed by atoms with Gasteiger partial charge in [-0.3, -0.25) is 14.3 Å². The number of aromatic nitrogens is 3. The number of aliphatic carboxylic acids is 1. The molecule has 0 saturated carbocycles. The van der Waals surface area contributed by atoms with E-state index in [2.05, 4.69) is 15.6 Å². The molecule has 1 heterocycles. The van der Waals surface area contributed by atoms with Crippen molar-refractivity contribution in [3.05, 3.63) is 12.4 Å². The summed E-state index contributed by atoms with van der Waals surface area (Å²) in [6.07, 6.45) is 3.60. The highest BCUT2D eigenvalue weighted by Gasteiger charge is 2.09. The number of rotatable bonds is 7. The standard InChI is InChI=1S/C10H16N4O3/c1-8(6-10(16)17)7-11-9(15)2-4-14-5-3-12-13-14/h3,5,8H,2,4,6-7H2,1H3,(H,11,15)(H,16,17). The van der Waals surface area contributed by atoms with Crippen molar-refractivity contribution in [3.8, 4) is 0 Å². The van der Waals surface area contributed by atoms with Gasteiger partial charge in [-0.05, 0) is 5.92 Å². The van der Waals surface area contributed by atoms with Gasteiger partial charge in [-0.25, -0.2) is 0 Å². The van der Waals surface area contributed by atoms with E-state index < -0.39 is 5.97 Å². The maximum Gasteiger partial charge on any atom is 0.303 e. The van der Waals surface area contributed by atoms with Crippen molar-refractivity contribution in [1.82, 2.24) is 20.3 Å². The zero-order chi connectivity index (χ0) is 12.7. The van der Waals surface area contributed by atoms with Crippen LogP contribution in [0.3, 0.4) is 0 Å². The highest BCUT2D eigenvalue weighted by molar-refractivity contribution is 5.75. The zero-order valence-corrected chi connectivity index (χ0v) is 9.67. The smallest absolute Gasteiger partial charge is 0.303 e. The molecule has 0 aliphatic rings. The Morgan fingerprint density at radius 2 is 2.29 bits per heavy atom. The summed E-state index contributed by atoms with van der Waals surface area (Å²) in [5, 5.41) is 18.6. The molecule has 0 aliphatic heterocycles. The van der Waals surface area contributed by atoms with Crippen LogP contribution in [0.4, 0.5) is 0 Å². The van der Waals surface area contributed by atoms with E-state index in [1.165, 1.54) is 0 Å². The number of hydrogen-bond acceptors (Lipinski definition) is 4. The average molecular weight is 240 g/mol. The molecule has 0 radical (unpaired) electrons. The molecule has 1 aromatic rings. The van der Waals surface area contributed by atoms with Gasteiger partial charge in [0.05, 0.1) is 12.7 Å². The van der Waals surface area contributed by atoms with Crippen molar-refractivity contribution in [2.45, 2.75) is 26.3 Å². The predicted octanol–water partition coefficient (Wildman–Crippen LogP) is -0.105. The molecule has 0 saturated heterocycles. The number of hydrogen-bond donors (Lipinski definition) is 2. The zero-order valence-electron chi connectivity index (χ0n) is 9.67. The monoisotopic (exact) mass is 240 g/mol. The lowest BCUT2D eigenvalue weighted by atomic mass is 10.1. The number of aryl methyl sites for hydroxylation is 1. The Labute approximate surface area is 98.8 Å². The van der Waals surface area contributed by atoms with Gasteiger partial charge in [-0.1, -0.05) is 12.1 Å². The van der Waals surface area contributed by atoms with Crippen LogP contribution in [0.1, 0.15) is 19.8 Å². The molecule has 94 valence electrons. The van der Waals surface area contributed by atoms with Crippen molar-refractivity contribution in [1.29, 1.82) is 0 Å². The number of amides is 1. The molecule has 1 rings (SSSR count). The van der Waals surface area contributed by atoms with Crippen LogP contribution in [0.5, 0.6) is 0 Å². The first-order chi connectivity index (χ1) is 8.08. The van der Waals surface area contributed by atoms with Gasteiger partial charge >= 0.3 is 5.97 Å². The molecule has 0 bridgehead atoms. The van der Waals surface area contributed by atoms with Crippen molar-refractivity contribution in [2.75, 3.05) is 6.54 Å². The summed E-state index contributed by atoms with van der Waals surface area (Å²) in [4.78, 5) is 21.8. The minimum atomic E-state index is -0.852. The maximum atomic E-state index is 11.4. The van der Waals surface area contributed by atoms with Crippen LogP contribution in [-0.4, -0.2) is 38.5 Å². The van der Waals surface area contributed by atoms with Crippen molar-refractivity contribution >= 4 is 11.9 Å². The highest BCUT2D eigenvalue weighted by Crippen LogP contribution is 1.99. The molecule has 1 unspecified atom stereocenters. The molecular formula is C10H16N4O3. The molecule has 0 aliphatic carbocycles. The first-order valence-corrected chi connectivity index (χ1v) is 5.40. The van der Waals surface area contributed by atoms with E-state index in [4.69, 9.17) is 5.11 Å². The van der Waals surface area contributed by atoms with Crippen LogP contribution >= 0.6 is 0 Å². The van der Waals surface area contributed by atoms with Gasteiger partial charge in [0.15, 0.2) is 0 Å². The lowest BCUT2D eigenvalue weighted by molar-refractivity contribution is -0.138. The van der Waals surface area contributed by atoms with Gasteiger partial charge in [0.2, 0.25) is 5.91 Å². The molecular weight excluding hydrogens is 224 g/mol. The molecule has 0 aromatic carbocycles. The highest BCUT2D eigenvalue weighted by atomic mass is 16.4. The number of nitrogens with one attached hydrogen (secondary N) is 1. The normalized spacial score (nSPS) is 12.1. The van der Waals surface area contributed by atoms with Gasteiger partial charge < -0.3 is 10.4 Å². The third-order valence-electron chi connectivity index (χ3n) is 2.21. The second-order valence-electron chi connectivity index (χ2n) is 3.92. The average Bonchev–Trinajstić information content (AvgIpc) is 2.75. The molecule has 0 spiro atoms. The third-order valence-corrected chi connectivity index (χ3v) is 2.21. The van der Waals surface area contributed by atoms with Crippen LogP contribution in [0.2, 0.25) is 0 Å². The molecule has 2 N–H and O–H groups in total. The lowest BCUT2D eigenvalue weighted by Crippen LogP contribution is -2.29. The topological polar surface area (TPSA) is 97.1 Å². The molecule has 1 atom stereocenters. The maximum absolute atomic E-state index is 11.4. The van der Waals surface area contributed by atoms with E-state index in [1.807, 2.05) is 0 Å². The molecule has 0 fully saturated rings. The molecule has 7 nitrogen and oxygen atoms in total. The first-order valence-electron chi connectivity index (χ1n) is 5.40. The summed E-state index contributed by atoms with van der Waals surface area (Å²) < 4.78 is 1.57. The van der Waals surface area contributed by atoms with Crippen LogP contribution in [0.25, 0.3) is 0 Å². The van der Waals surface area contributed by atoms with E-state index in [1.54, 1.807) is 24.0 Å². The largest absolute Gasteiger partial charge is 0.481 e. The second-order valence-corrected chi connectivity index (χ2v) is 3.92. The fourth-order valence-electron chi connectivity index (χ4n) is 1.31. The summed E-state index contributed by atoms with van der Waals surface area (Å²) in [5.41, 5.74) is 0. The molecule has 1 aromatic heterocycles. The van der Waals surface area contributed by atoms with Gasteiger partial charge in [0.1, 0.15) is 0 Å². The third kappa shape index (κ3) is 5.64. The molecule has 17 heavy (non-hydrogen) atoms. The minimum absolute atomic E-state index is 0.0589. The molecule has 1 amide bonds. The van der Waals surface area contributed by atoms with Crippen LogP contribution in [0, 0.1) is 5.92 Å². The Morgan fingerprint density at radius 1 is 1.53 bits per heavy atom. The van der Waals surface area contributed by atoms with Crippen molar-refractivity contribution in [3.63, 3.8) is 0 Å². The summed E-state index contributed by atoms with van der Waals surface area (Å²) >= 11 is 0. The summed E-state index contributed by atoms with van der Waals surface area (Å²) in [6, 6.07) is 0.